The number of hydrogen-bond donors (Lipinski definition) is 1. The molecule has 0 spiro atoms. The van der Waals surface area contributed by atoms with Crippen LogP contribution in [0.1, 0.15) is 10.4 Å². The molecule has 2 aromatic carbocycles. The minimum Gasteiger partial charge on any atom is -0.478 e. The summed E-state index contributed by atoms with van der Waals surface area (Å²) < 4.78 is 25.4. The number of carboxylic acid groups (broad SMARTS) is 1. The van der Waals surface area contributed by atoms with E-state index in [1.807, 2.05) is 0 Å². The Morgan fingerprint density at radius 1 is 1.12 bits per heavy atom. The minimum atomic E-state index is -3.68. The summed E-state index contributed by atoms with van der Waals surface area (Å²) in [5.74, 6) is -1.31. The van der Waals surface area contributed by atoms with Crippen molar-refractivity contribution >= 4 is 21.7 Å². The summed E-state index contributed by atoms with van der Waals surface area (Å²) in [6.45, 7) is 0. The molecule has 1 N–H and O–H groups in total. The summed E-state index contributed by atoms with van der Waals surface area (Å²) in [5, 5.41) is 20.1. The number of sulfonamides is 1. The number of carbonyl (C=O) groups is 1. The predicted molar refractivity (Wildman–Crippen MR) is 86.4 cm³/mol. The van der Waals surface area contributed by atoms with Gasteiger partial charge in [0.25, 0.3) is 5.69 Å². The highest BCUT2D eigenvalue weighted by atomic mass is 32.2. The molecule has 0 aromatic heterocycles. The first-order valence-electron chi connectivity index (χ1n) is 6.68. The number of benzene rings is 2. The molecule has 2 rings (SSSR count). The van der Waals surface area contributed by atoms with Crippen molar-refractivity contribution in [3.8, 4) is 11.1 Å². The third-order valence-electron chi connectivity index (χ3n) is 3.32. The van der Waals surface area contributed by atoms with Gasteiger partial charge in [0.1, 0.15) is 0 Å². The molecular weight excluding hydrogens is 336 g/mol. The highest BCUT2D eigenvalue weighted by Gasteiger charge is 2.19. The van der Waals surface area contributed by atoms with Crippen LogP contribution in [0.5, 0.6) is 0 Å². The van der Waals surface area contributed by atoms with Gasteiger partial charge in [0.05, 0.1) is 15.4 Å². The van der Waals surface area contributed by atoms with Crippen molar-refractivity contribution in [2.45, 2.75) is 4.90 Å². The van der Waals surface area contributed by atoms with Crippen molar-refractivity contribution in [2.24, 2.45) is 0 Å². The zero-order valence-corrected chi connectivity index (χ0v) is 13.6. The number of nitro benzene ring substituents is 1. The van der Waals surface area contributed by atoms with Crippen LogP contribution in [0.2, 0.25) is 0 Å². The standard InChI is InChI=1S/C15H14N2O6S/c1-16(2)24(22,23)14-5-3-4-10(9-14)11-6-12(15(18)19)8-13(7-11)17(20)21/h3-9H,1-2H3,(H,18,19). The van der Waals surface area contributed by atoms with Gasteiger partial charge in [-0.3, -0.25) is 10.1 Å². The molecule has 8 nitrogen and oxygen atoms in total. The Balaban J connectivity index is 2.65. The molecule has 0 radical (unpaired) electrons. The molecule has 0 aliphatic carbocycles. The average Bonchev–Trinajstić information content (AvgIpc) is 2.54. The number of nitrogens with zero attached hydrogens (tertiary/aromatic N) is 2. The Hall–Kier alpha value is -2.78. The van der Waals surface area contributed by atoms with Gasteiger partial charge in [0.15, 0.2) is 0 Å². The summed E-state index contributed by atoms with van der Waals surface area (Å²) in [4.78, 5) is 21.4. The van der Waals surface area contributed by atoms with Crippen molar-refractivity contribution in [2.75, 3.05) is 14.1 Å². The van der Waals surface area contributed by atoms with E-state index in [2.05, 4.69) is 0 Å². The van der Waals surface area contributed by atoms with Crippen LogP contribution in [-0.4, -0.2) is 42.8 Å². The van der Waals surface area contributed by atoms with Gasteiger partial charge in [-0.05, 0) is 29.3 Å². The lowest BCUT2D eigenvalue weighted by molar-refractivity contribution is -0.384. The molecular formula is C15H14N2O6S. The number of rotatable bonds is 5. The molecule has 0 aliphatic heterocycles. The van der Waals surface area contributed by atoms with Crippen molar-refractivity contribution in [3.63, 3.8) is 0 Å². The maximum absolute atomic E-state index is 12.2. The third-order valence-corrected chi connectivity index (χ3v) is 5.13. The van der Waals surface area contributed by atoms with Gasteiger partial charge in [-0.2, -0.15) is 0 Å². The second-order valence-electron chi connectivity index (χ2n) is 5.15. The normalized spacial score (nSPS) is 11.5. The molecule has 0 saturated heterocycles. The van der Waals surface area contributed by atoms with E-state index in [1.165, 1.54) is 44.4 Å². The van der Waals surface area contributed by atoms with Gasteiger partial charge < -0.3 is 5.11 Å². The van der Waals surface area contributed by atoms with Crippen LogP contribution in [0.15, 0.2) is 47.4 Å². The molecule has 0 amide bonds. The van der Waals surface area contributed by atoms with E-state index in [9.17, 15) is 23.3 Å². The maximum atomic E-state index is 12.2. The van der Waals surface area contributed by atoms with Gasteiger partial charge in [0.2, 0.25) is 10.0 Å². The van der Waals surface area contributed by atoms with E-state index in [4.69, 9.17) is 5.11 Å². The first-order valence-corrected chi connectivity index (χ1v) is 8.12. The van der Waals surface area contributed by atoms with Crippen LogP contribution in [0.3, 0.4) is 0 Å². The number of nitro groups is 1. The van der Waals surface area contributed by atoms with Gasteiger partial charge in [-0.15, -0.1) is 0 Å². The quantitative estimate of drug-likeness (QED) is 0.652. The van der Waals surface area contributed by atoms with Crippen LogP contribution in [0.4, 0.5) is 5.69 Å². The SMILES string of the molecule is CN(C)S(=O)(=O)c1cccc(-c2cc(C(=O)O)cc([N+](=O)[O-])c2)c1. The molecule has 0 bridgehead atoms. The second kappa shape index (κ2) is 6.38. The summed E-state index contributed by atoms with van der Waals surface area (Å²) in [6.07, 6.45) is 0. The van der Waals surface area contributed by atoms with Crippen LogP contribution < -0.4 is 0 Å². The molecule has 126 valence electrons. The molecule has 2 aromatic rings. The Morgan fingerprint density at radius 3 is 2.33 bits per heavy atom. The summed E-state index contributed by atoms with van der Waals surface area (Å²) >= 11 is 0. The van der Waals surface area contributed by atoms with E-state index < -0.39 is 20.9 Å². The summed E-state index contributed by atoms with van der Waals surface area (Å²) in [5.41, 5.74) is -0.0210. The minimum absolute atomic E-state index is 0.00776. The predicted octanol–water partition coefficient (Wildman–Crippen LogP) is 2.21. The topological polar surface area (TPSA) is 118 Å². The van der Waals surface area contributed by atoms with Crippen molar-refractivity contribution < 1.29 is 23.2 Å². The zero-order chi connectivity index (χ0) is 18.1. The second-order valence-corrected chi connectivity index (χ2v) is 7.30. The van der Waals surface area contributed by atoms with Crippen molar-refractivity contribution in [1.82, 2.24) is 4.31 Å². The smallest absolute Gasteiger partial charge is 0.335 e. The van der Waals surface area contributed by atoms with E-state index in [-0.39, 0.29) is 21.7 Å². The molecule has 0 aliphatic rings. The maximum Gasteiger partial charge on any atom is 0.335 e. The number of aromatic carboxylic acids is 1. The third kappa shape index (κ3) is 3.42. The molecule has 0 atom stereocenters. The Bertz CT molecular complexity index is 889. The van der Waals surface area contributed by atoms with Crippen LogP contribution in [0, 0.1) is 10.1 Å². The van der Waals surface area contributed by atoms with E-state index >= 15 is 0 Å². The highest BCUT2D eigenvalue weighted by Crippen LogP contribution is 2.28. The van der Waals surface area contributed by atoms with Gasteiger partial charge in [0, 0.05) is 26.2 Å². The molecule has 24 heavy (non-hydrogen) atoms. The van der Waals surface area contributed by atoms with Crippen molar-refractivity contribution in [3.05, 3.63) is 58.1 Å². The molecule has 0 fully saturated rings. The fourth-order valence-corrected chi connectivity index (χ4v) is 3.00. The largest absolute Gasteiger partial charge is 0.478 e. The number of carboxylic acids is 1. The Kier molecular flexibility index (Phi) is 4.67. The highest BCUT2D eigenvalue weighted by molar-refractivity contribution is 7.89. The number of non-ortho nitro benzene ring substituents is 1. The Morgan fingerprint density at radius 2 is 1.79 bits per heavy atom. The molecule has 0 saturated carbocycles. The lowest BCUT2D eigenvalue weighted by Gasteiger charge is -2.12. The molecule has 9 heteroatoms. The van der Waals surface area contributed by atoms with Crippen LogP contribution in [-0.2, 0) is 10.0 Å². The fraction of sp³-hybridized carbons (Fsp3) is 0.133. The first kappa shape index (κ1) is 17.6. The van der Waals surface area contributed by atoms with E-state index in [0.717, 1.165) is 10.4 Å². The van der Waals surface area contributed by atoms with Crippen LogP contribution in [0.25, 0.3) is 11.1 Å². The van der Waals surface area contributed by atoms with E-state index in [1.54, 1.807) is 6.07 Å². The average molecular weight is 350 g/mol. The van der Waals surface area contributed by atoms with Gasteiger partial charge in [-0.25, -0.2) is 17.5 Å². The van der Waals surface area contributed by atoms with Gasteiger partial charge >= 0.3 is 5.97 Å². The van der Waals surface area contributed by atoms with Crippen LogP contribution >= 0.6 is 0 Å². The monoisotopic (exact) mass is 350 g/mol. The van der Waals surface area contributed by atoms with E-state index in [0.29, 0.717) is 5.56 Å². The number of hydrogen-bond acceptors (Lipinski definition) is 5. The van der Waals surface area contributed by atoms with Gasteiger partial charge in [-0.1, -0.05) is 12.1 Å². The fourth-order valence-electron chi connectivity index (χ4n) is 2.05. The summed E-state index contributed by atoms with van der Waals surface area (Å²) in [6, 6.07) is 9.20. The lowest BCUT2D eigenvalue weighted by Crippen LogP contribution is -2.22. The molecule has 0 heterocycles. The van der Waals surface area contributed by atoms with Crippen molar-refractivity contribution in [1.29, 1.82) is 0 Å². The first-order chi connectivity index (χ1) is 11.1. The Labute approximate surface area is 138 Å². The zero-order valence-electron chi connectivity index (χ0n) is 12.8. The summed E-state index contributed by atoms with van der Waals surface area (Å²) in [7, 11) is -0.904. The molecule has 0 unspecified atom stereocenters. The lowest BCUT2D eigenvalue weighted by atomic mass is 10.0.